The number of hydrogen-bond donors (Lipinski definition) is 1. The Hall–Kier alpha value is -1.44. The van der Waals surface area contributed by atoms with Gasteiger partial charge in [-0.2, -0.15) is 0 Å². The van der Waals surface area contributed by atoms with Crippen LogP contribution in [0.3, 0.4) is 0 Å². The summed E-state index contributed by atoms with van der Waals surface area (Å²) >= 11 is 3.43. The molecule has 0 saturated carbocycles. The number of amides is 1. The van der Waals surface area contributed by atoms with Gasteiger partial charge in [-0.25, -0.2) is 4.98 Å². The summed E-state index contributed by atoms with van der Waals surface area (Å²) in [4.78, 5) is 15.7. The number of aromatic nitrogens is 1. The number of nitrogens with zero attached hydrogens (tertiary/aromatic N) is 1. The summed E-state index contributed by atoms with van der Waals surface area (Å²) in [6.45, 7) is 7.69. The standard InChI is InChI=1S/C16H21BrN2O3Si/c1-23(2,3)8-7-21-10-22-14-9-13(16(18)20)19-15-11(14)5-4-6-12(15)17/h4-6,9H,7-8,10H2,1-3H3,(H2,18,20). The second-order valence-corrected chi connectivity index (χ2v) is 13.0. The third kappa shape index (κ3) is 5.02. The van der Waals surface area contributed by atoms with Gasteiger partial charge in [0.1, 0.15) is 11.4 Å². The summed E-state index contributed by atoms with van der Waals surface area (Å²) in [7, 11) is -1.12. The minimum atomic E-state index is -1.12. The molecule has 2 aromatic rings. The molecular formula is C16H21BrN2O3Si. The summed E-state index contributed by atoms with van der Waals surface area (Å²) in [5.74, 6) is -0.0507. The average molecular weight is 397 g/mol. The summed E-state index contributed by atoms with van der Waals surface area (Å²) in [5.41, 5.74) is 6.16. The number of ether oxygens (including phenoxy) is 2. The zero-order valence-corrected chi connectivity index (χ0v) is 16.1. The number of primary amides is 1. The molecule has 1 aromatic heterocycles. The van der Waals surface area contributed by atoms with E-state index in [1.165, 1.54) is 0 Å². The maximum absolute atomic E-state index is 11.5. The Labute approximate surface area is 145 Å². The maximum Gasteiger partial charge on any atom is 0.267 e. The van der Waals surface area contributed by atoms with E-state index in [1.54, 1.807) is 6.07 Å². The molecule has 23 heavy (non-hydrogen) atoms. The molecule has 0 fully saturated rings. The molecule has 7 heteroatoms. The first kappa shape index (κ1) is 17.9. The van der Waals surface area contributed by atoms with Gasteiger partial charge < -0.3 is 15.2 Å². The second kappa shape index (κ2) is 7.42. The first-order chi connectivity index (χ1) is 10.8. The highest BCUT2D eigenvalue weighted by Crippen LogP contribution is 2.30. The second-order valence-electron chi connectivity index (χ2n) is 6.49. The molecule has 2 rings (SSSR count). The summed E-state index contributed by atoms with van der Waals surface area (Å²) in [6.07, 6.45) is 0. The van der Waals surface area contributed by atoms with E-state index in [-0.39, 0.29) is 12.5 Å². The van der Waals surface area contributed by atoms with Crippen LogP contribution < -0.4 is 10.5 Å². The topological polar surface area (TPSA) is 74.4 Å². The number of benzene rings is 1. The largest absolute Gasteiger partial charge is 0.467 e. The summed E-state index contributed by atoms with van der Waals surface area (Å²) in [6, 6.07) is 8.26. The van der Waals surface area contributed by atoms with Gasteiger partial charge in [0.05, 0.1) is 5.52 Å². The van der Waals surface area contributed by atoms with Crippen molar-refractivity contribution in [3.05, 3.63) is 34.4 Å². The number of pyridine rings is 1. The Morgan fingerprint density at radius 1 is 1.35 bits per heavy atom. The van der Waals surface area contributed by atoms with Gasteiger partial charge in [-0.15, -0.1) is 0 Å². The van der Waals surface area contributed by atoms with Gasteiger partial charge in [-0.3, -0.25) is 4.79 Å². The number of nitrogens with two attached hydrogens (primary N) is 1. The van der Waals surface area contributed by atoms with Gasteiger partial charge in [-0.1, -0.05) is 25.7 Å². The zero-order valence-electron chi connectivity index (χ0n) is 13.6. The summed E-state index contributed by atoms with van der Waals surface area (Å²) < 4.78 is 12.0. The molecular weight excluding hydrogens is 376 g/mol. The van der Waals surface area contributed by atoms with Crippen LogP contribution in [0.2, 0.25) is 25.7 Å². The molecule has 5 nitrogen and oxygen atoms in total. The third-order valence-corrected chi connectivity index (χ3v) is 5.64. The fourth-order valence-electron chi connectivity index (χ4n) is 1.97. The Morgan fingerprint density at radius 2 is 2.09 bits per heavy atom. The average Bonchev–Trinajstić information content (AvgIpc) is 2.46. The quantitative estimate of drug-likeness (QED) is 0.438. The van der Waals surface area contributed by atoms with Crippen molar-refractivity contribution < 1.29 is 14.3 Å². The van der Waals surface area contributed by atoms with E-state index in [1.807, 2.05) is 18.2 Å². The van der Waals surface area contributed by atoms with Crippen molar-refractivity contribution in [3.8, 4) is 5.75 Å². The van der Waals surface area contributed by atoms with Crippen molar-refractivity contribution in [1.29, 1.82) is 0 Å². The van der Waals surface area contributed by atoms with E-state index in [0.717, 1.165) is 15.9 Å². The van der Waals surface area contributed by atoms with E-state index in [4.69, 9.17) is 15.2 Å². The van der Waals surface area contributed by atoms with Gasteiger partial charge in [0, 0.05) is 30.6 Å². The Balaban J connectivity index is 2.16. The smallest absolute Gasteiger partial charge is 0.267 e. The highest BCUT2D eigenvalue weighted by atomic mass is 79.9. The van der Waals surface area contributed by atoms with Gasteiger partial charge >= 0.3 is 0 Å². The van der Waals surface area contributed by atoms with Crippen LogP contribution in [0.15, 0.2) is 28.7 Å². The molecule has 0 spiro atoms. The minimum absolute atomic E-state index is 0.133. The number of carbonyl (C=O) groups excluding carboxylic acids is 1. The van der Waals surface area contributed by atoms with E-state index in [9.17, 15) is 4.79 Å². The Morgan fingerprint density at radius 3 is 2.74 bits per heavy atom. The molecule has 1 aromatic carbocycles. The predicted octanol–water partition coefficient (Wildman–Crippen LogP) is 3.79. The van der Waals surface area contributed by atoms with Crippen molar-refractivity contribution in [3.63, 3.8) is 0 Å². The molecule has 1 heterocycles. The van der Waals surface area contributed by atoms with Gasteiger partial charge in [0.15, 0.2) is 6.79 Å². The van der Waals surface area contributed by atoms with Crippen molar-refractivity contribution >= 4 is 40.8 Å². The van der Waals surface area contributed by atoms with Crippen molar-refractivity contribution in [2.24, 2.45) is 5.73 Å². The lowest BCUT2D eigenvalue weighted by atomic mass is 10.2. The fourth-order valence-corrected chi connectivity index (χ4v) is 3.18. The lowest BCUT2D eigenvalue weighted by molar-refractivity contribution is 0.0229. The number of para-hydroxylation sites is 1. The van der Waals surface area contributed by atoms with Crippen molar-refractivity contribution in [2.45, 2.75) is 25.7 Å². The van der Waals surface area contributed by atoms with Gasteiger partial charge in [0.25, 0.3) is 5.91 Å². The molecule has 2 N–H and O–H groups in total. The van der Waals surface area contributed by atoms with Crippen LogP contribution in [0.1, 0.15) is 10.5 Å². The fraction of sp³-hybridized carbons (Fsp3) is 0.375. The van der Waals surface area contributed by atoms with E-state index < -0.39 is 14.0 Å². The minimum Gasteiger partial charge on any atom is -0.467 e. The monoisotopic (exact) mass is 396 g/mol. The Kier molecular flexibility index (Phi) is 5.77. The van der Waals surface area contributed by atoms with Crippen molar-refractivity contribution in [1.82, 2.24) is 4.98 Å². The highest BCUT2D eigenvalue weighted by molar-refractivity contribution is 9.10. The Bertz CT molecular complexity index is 716. The molecule has 0 unspecified atom stereocenters. The molecule has 0 bridgehead atoms. The lowest BCUT2D eigenvalue weighted by Crippen LogP contribution is -2.22. The number of hydrogen-bond acceptors (Lipinski definition) is 4. The maximum atomic E-state index is 11.5. The molecule has 0 aliphatic heterocycles. The molecule has 1 amide bonds. The normalized spacial score (nSPS) is 11.7. The molecule has 0 radical (unpaired) electrons. The number of fused-ring (bicyclic) bond motifs is 1. The van der Waals surface area contributed by atoms with E-state index >= 15 is 0 Å². The van der Waals surface area contributed by atoms with Crippen LogP contribution in [0.4, 0.5) is 0 Å². The van der Waals surface area contributed by atoms with Crippen LogP contribution in [-0.2, 0) is 4.74 Å². The van der Waals surface area contributed by atoms with Crippen molar-refractivity contribution in [2.75, 3.05) is 13.4 Å². The number of halogens is 1. The van der Waals surface area contributed by atoms with Crippen LogP contribution in [-0.4, -0.2) is 32.4 Å². The zero-order chi connectivity index (χ0) is 17.0. The van der Waals surface area contributed by atoms with E-state index in [2.05, 4.69) is 40.6 Å². The highest BCUT2D eigenvalue weighted by Gasteiger charge is 2.14. The SMILES string of the molecule is C[Si](C)(C)CCOCOc1cc(C(N)=O)nc2c(Br)cccc12. The number of carbonyl (C=O) groups is 1. The molecule has 0 aliphatic carbocycles. The lowest BCUT2D eigenvalue weighted by Gasteiger charge is -2.16. The van der Waals surface area contributed by atoms with Crippen LogP contribution >= 0.6 is 15.9 Å². The third-order valence-electron chi connectivity index (χ3n) is 3.30. The van der Waals surface area contributed by atoms with Crippen LogP contribution in [0, 0.1) is 0 Å². The summed E-state index contributed by atoms with van der Waals surface area (Å²) in [5, 5.41) is 0.804. The van der Waals surface area contributed by atoms with E-state index in [0.29, 0.717) is 17.9 Å². The van der Waals surface area contributed by atoms with Crippen LogP contribution in [0.25, 0.3) is 10.9 Å². The number of rotatable bonds is 7. The molecule has 0 aliphatic rings. The first-order valence-corrected chi connectivity index (χ1v) is 11.9. The molecule has 0 atom stereocenters. The van der Waals surface area contributed by atoms with Gasteiger partial charge in [-0.05, 0) is 34.1 Å². The van der Waals surface area contributed by atoms with Gasteiger partial charge in [0.2, 0.25) is 0 Å². The predicted molar refractivity (Wildman–Crippen MR) is 97.6 cm³/mol. The molecule has 0 saturated heterocycles. The van der Waals surface area contributed by atoms with Crippen LogP contribution in [0.5, 0.6) is 5.75 Å². The molecule has 124 valence electrons. The first-order valence-electron chi connectivity index (χ1n) is 7.37.